The van der Waals surface area contributed by atoms with Crippen LogP contribution in [0.1, 0.15) is 22.7 Å². The fourth-order valence-corrected chi connectivity index (χ4v) is 3.62. The maximum atomic E-state index is 13.0. The molecule has 30 heavy (non-hydrogen) atoms. The fraction of sp³-hybridized carbons (Fsp3) is 0.125. The van der Waals surface area contributed by atoms with Crippen LogP contribution in [0.4, 0.5) is 0 Å². The van der Waals surface area contributed by atoms with Crippen molar-refractivity contribution in [2.75, 3.05) is 7.11 Å². The predicted molar refractivity (Wildman–Crippen MR) is 112 cm³/mol. The molecule has 0 aliphatic carbocycles. The van der Waals surface area contributed by atoms with Crippen LogP contribution in [0.3, 0.4) is 0 Å². The molecule has 150 valence electrons. The van der Waals surface area contributed by atoms with Gasteiger partial charge in [0, 0.05) is 24.5 Å². The Bertz CT molecular complexity index is 1090. The Balaban J connectivity index is 1.85. The van der Waals surface area contributed by atoms with Gasteiger partial charge in [-0.3, -0.25) is 14.6 Å². The largest absolute Gasteiger partial charge is 0.507 e. The van der Waals surface area contributed by atoms with Gasteiger partial charge in [-0.15, -0.1) is 0 Å². The Kier molecular flexibility index (Phi) is 5.30. The highest BCUT2D eigenvalue weighted by molar-refractivity contribution is 6.46. The Morgan fingerprint density at radius 2 is 1.77 bits per heavy atom. The number of likely N-dealkylation sites (tertiary alicyclic amines) is 1. The normalized spacial score (nSPS) is 17.9. The van der Waals surface area contributed by atoms with Crippen molar-refractivity contribution < 1.29 is 19.4 Å². The quantitative estimate of drug-likeness (QED) is 0.401. The smallest absolute Gasteiger partial charge is 0.295 e. The van der Waals surface area contributed by atoms with Crippen LogP contribution in [0, 0.1) is 0 Å². The van der Waals surface area contributed by atoms with E-state index in [0.717, 1.165) is 5.56 Å². The topological polar surface area (TPSA) is 79.7 Å². The van der Waals surface area contributed by atoms with Crippen LogP contribution < -0.4 is 4.74 Å². The summed E-state index contributed by atoms with van der Waals surface area (Å²) < 4.78 is 5.22. The molecule has 0 saturated carbocycles. The van der Waals surface area contributed by atoms with Crippen LogP contribution in [-0.4, -0.2) is 33.8 Å². The van der Waals surface area contributed by atoms with Gasteiger partial charge in [0.1, 0.15) is 11.5 Å². The molecule has 0 bridgehead atoms. The second-order valence-electron chi connectivity index (χ2n) is 6.93. The summed E-state index contributed by atoms with van der Waals surface area (Å²) in [5, 5.41) is 11.0. The van der Waals surface area contributed by atoms with E-state index in [1.807, 2.05) is 12.1 Å². The maximum Gasteiger partial charge on any atom is 0.295 e. The summed E-state index contributed by atoms with van der Waals surface area (Å²) in [5.41, 5.74) is 2.05. The fourth-order valence-electron chi connectivity index (χ4n) is 3.62. The Morgan fingerprint density at radius 1 is 1.03 bits per heavy atom. The molecule has 2 aromatic carbocycles. The number of ketones is 1. The number of aromatic nitrogens is 1. The summed E-state index contributed by atoms with van der Waals surface area (Å²) in [4.78, 5) is 31.5. The molecule has 6 heteroatoms. The van der Waals surface area contributed by atoms with E-state index in [9.17, 15) is 14.7 Å². The second-order valence-corrected chi connectivity index (χ2v) is 6.93. The van der Waals surface area contributed by atoms with Crippen LogP contribution >= 0.6 is 0 Å². The maximum absolute atomic E-state index is 13.0. The number of ether oxygens (including phenoxy) is 1. The molecule has 4 rings (SSSR count). The average Bonchev–Trinajstić information content (AvgIpc) is 3.05. The minimum absolute atomic E-state index is 0.0697. The minimum Gasteiger partial charge on any atom is -0.507 e. The number of benzene rings is 2. The van der Waals surface area contributed by atoms with Crippen LogP contribution in [0.5, 0.6) is 5.75 Å². The number of hydrogen-bond acceptors (Lipinski definition) is 5. The van der Waals surface area contributed by atoms with Crippen molar-refractivity contribution in [2.24, 2.45) is 0 Å². The molecular weight excluding hydrogens is 380 g/mol. The third-order valence-electron chi connectivity index (χ3n) is 5.09. The van der Waals surface area contributed by atoms with Crippen molar-refractivity contribution in [1.29, 1.82) is 0 Å². The summed E-state index contributed by atoms with van der Waals surface area (Å²) in [6.07, 6.45) is 3.30. The molecular formula is C24H20N2O4. The van der Waals surface area contributed by atoms with Crippen molar-refractivity contribution >= 4 is 17.4 Å². The van der Waals surface area contributed by atoms with E-state index in [0.29, 0.717) is 16.9 Å². The highest BCUT2D eigenvalue weighted by atomic mass is 16.5. The zero-order chi connectivity index (χ0) is 21.1. The third kappa shape index (κ3) is 3.55. The van der Waals surface area contributed by atoms with Gasteiger partial charge in [0.05, 0.1) is 18.7 Å². The molecule has 1 amide bonds. The number of pyridine rings is 1. The first-order chi connectivity index (χ1) is 14.6. The summed E-state index contributed by atoms with van der Waals surface area (Å²) in [5.74, 6) is -0.896. The summed E-state index contributed by atoms with van der Waals surface area (Å²) in [6.45, 7) is 0.195. The number of Topliss-reactive ketones (excluding diaryl/α,β-unsaturated/α-hetero) is 1. The number of aliphatic hydroxyl groups excluding tert-OH is 1. The van der Waals surface area contributed by atoms with Crippen molar-refractivity contribution in [3.05, 3.63) is 101 Å². The average molecular weight is 400 g/mol. The summed E-state index contributed by atoms with van der Waals surface area (Å²) in [6, 6.07) is 18.8. The van der Waals surface area contributed by atoms with E-state index in [2.05, 4.69) is 4.98 Å². The van der Waals surface area contributed by atoms with E-state index in [1.54, 1.807) is 74.1 Å². The molecule has 3 aromatic rings. The first-order valence-corrected chi connectivity index (χ1v) is 9.47. The molecule has 1 aliphatic rings. The standard InChI is InChI=1S/C24H20N2O4/c1-30-19-11-9-17(10-12-19)21-20(22(27)18-7-3-2-4-8-18)23(28)24(29)26(21)15-16-6-5-13-25-14-16/h2-14,21,27H,15H2,1H3/b22-20+. The molecule has 2 heterocycles. The molecule has 1 N–H and O–H groups in total. The van der Waals surface area contributed by atoms with Gasteiger partial charge in [-0.2, -0.15) is 0 Å². The van der Waals surface area contributed by atoms with Crippen molar-refractivity contribution in [2.45, 2.75) is 12.6 Å². The number of carbonyl (C=O) groups is 2. The SMILES string of the molecule is COc1ccc(C2/C(=C(\O)c3ccccc3)C(=O)C(=O)N2Cc2cccnc2)cc1. The Hall–Kier alpha value is -3.93. The van der Waals surface area contributed by atoms with Crippen LogP contribution in [0.25, 0.3) is 5.76 Å². The predicted octanol–water partition coefficient (Wildman–Crippen LogP) is 3.71. The number of aliphatic hydroxyl groups is 1. The summed E-state index contributed by atoms with van der Waals surface area (Å²) >= 11 is 0. The van der Waals surface area contributed by atoms with Gasteiger partial charge in [-0.25, -0.2) is 0 Å². The lowest BCUT2D eigenvalue weighted by atomic mass is 9.95. The first-order valence-electron chi connectivity index (χ1n) is 9.47. The second kappa shape index (κ2) is 8.21. The molecule has 0 spiro atoms. The van der Waals surface area contributed by atoms with Crippen molar-refractivity contribution in [3.8, 4) is 5.75 Å². The lowest BCUT2D eigenvalue weighted by Gasteiger charge is -2.25. The number of methoxy groups -OCH3 is 1. The van der Waals surface area contributed by atoms with E-state index in [-0.39, 0.29) is 17.9 Å². The van der Waals surface area contributed by atoms with Gasteiger partial charge in [-0.1, -0.05) is 48.5 Å². The molecule has 1 unspecified atom stereocenters. The number of nitrogens with zero attached hydrogens (tertiary/aromatic N) is 2. The highest BCUT2D eigenvalue weighted by Gasteiger charge is 2.46. The number of amides is 1. The third-order valence-corrected chi connectivity index (χ3v) is 5.09. The molecule has 6 nitrogen and oxygen atoms in total. The van der Waals surface area contributed by atoms with E-state index >= 15 is 0 Å². The van der Waals surface area contributed by atoms with E-state index < -0.39 is 17.7 Å². The van der Waals surface area contributed by atoms with Gasteiger partial charge >= 0.3 is 0 Å². The molecule has 1 saturated heterocycles. The lowest BCUT2D eigenvalue weighted by molar-refractivity contribution is -0.140. The van der Waals surface area contributed by atoms with Gasteiger partial charge in [0.25, 0.3) is 11.7 Å². The van der Waals surface area contributed by atoms with Crippen molar-refractivity contribution in [3.63, 3.8) is 0 Å². The zero-order valence-electron chi connectivity index (χ0n) is 16.4. The van der Waals surface area contributed by atoms with E-state index in [1.165, 1.54) is 4.90 Å². The van der Waals surface area contributed by atoms with Gasteiger partial charge in [-0.05, 0) is 29.3 Å². The Labute approximate surface area is 174 Å². The number of hydrogen-bond donors (Lipinski definition) is 1. The van der Waals surface area contributed by atoms with E-state index in [4.69, 9.17) is 4.74 Å². The zero-order valence-corrected chi connectivity index (χ0v) is 16.4. The van der Waals surface area contributed by atoms with Crippen LogP contribution in [0.2, 0.25) is 0 Å². The molecule has 0 radical (unpaired) electrons. The number of carbonyl (C=O) groups excluding carboxylic acids is 2. The molecule has 1 aliphatic heterocycles. The summed E-state index contributed by atoms with van der Waals surface area (Å²) in [7, 11) is 1.57. The minimum atomic E-state index is -0.726. The highest BCUT2D eigenvalue weighted by Crippen LogP contribution is 2.40. The Morgan fingerprint density at radius 3 is 2.40 bits per heavy atom. The van der Waals surface area contributed by atoms with Crippen molar-refractivity contribution in [1.82, 2.24) is 9.88 Å². The molecule has 1 fully saturated rings. The monoisotopic (exact) mass is 400 g/mol. The number of rotatable bonds is 5. The van der Waals surface area contributed by atoms with Crippen LogP contribution in [-0.2, 0) is 16.1 Å². The first kappa shape index (κ1) is 19.4. The van der Waals surface area contributed by atoms with Gasteiger partial charge < -0.3 is 14.7 Å². The molecule has 1 atom stereocenters. The molecule has 1 aromatic heterocycles. The lowest BCUT2D eigenvalue weighted by Crippen LogP contribution is -2.29. The van der Waals surface area contributed by atoms with Gasteiger partial charge in [0.15, 0.2) is 0 Å². The van der Waals surface area contributed by atoms with Gasteiger partial charge in [0.2, 0.25) is 0 Å². The van der Waals surface area contributed by atoms with Crippen LogP contribution in [0.15, 0.2) is 84.7 Å².